The average Bonchev–Trinajstić information content (AvgIpc) is 3.20. The van der Waals surface area contributed by atoms with Gasteiger partial charge in [0.1, 0.15) is 5.82 Å². The SMILES string of the molecule is CN(C)CCCNC(=O)c1ccc2ccc(N3CCN(c4ncccn4)CC3)n2c1. The van der Waals surface area contributed by atoms with Gasteiger partial charge in [0.15, 0.2) is 0 Å². The second-order valence-corrected chi connectivity index (χ2v) is 7.84. The van der Waals surface area contributed by atoms with Gasteiger partial charge in [-0.15, -0.1) is 0 Å². The molecule has 0 bridgehead atoms. The van der Waals surface area contributed by atoms with Crippen LogP contribution in [0.1, 0.15) is 16.8 Å². The second kappa shape index (κ2) is 9.13. The number of anilines is 2. The topological polar surface area (TPSA) is 69.0 Å². The van der Waals surface area contributed by atoms with E-state index in [-0.39, 0.29) is 5.91 Å². The van der Waals surface area contributed by atoms with Crippen LogP contribution in [0, 0.1) is 0 Å². The van der Waals surface area contributed by atoms with Crippen LogP contribution < -0.4 is 15.1 Å². The molecule has 8 heteroatoms. The minimum atomic E-state index is -0.0265. The van der Waals surface area contributed by atoms with E-state index in [0.717, 1.165) is 56.4 Å². The maximum Gasteiger partial charge on any atom is 0.252 e. The molecule has 3 aromatic rings. The summed E-state index contributed by atoms with van der Waals surface area (Å²) in [6, 6.07) is 9.96. The van der Waals surface area contributed by atoms with Crippen molar-refractivity contribution in [3.63, 3.8) is 0 Å². The van der Waals surface area contributed by atoms with E-state index in [4.69, 9.17) is 0 Å². The zero-order valence-electron chi connectivity index (χ0n) is 17.7. The third-order valence-corrected chi connectivity index (χ3v) is 5.40. The Balaban J connectivity index is 1.42. The molecule has 1 saturated heterocycles. The number of nitrogens with one attached hydrogen (secondary N) is 1. The summed E-state index contributed by atoms with van der Waals surface area (Å²) in [5.74, 6) is 1.87. The lowest BCUT2D eigenvalue weighted by molar-refractivity contribution is 0.0952. The molecule has 0 radical (unpaired) electrons. The highest BCUT2D eigenvalue weighted by atomic mass is 16.1. The van der Waals surface area contributed by atoms with Crippen LogP contribution in [0.2, 0.25) is 0 Å². The number of fused-ring (bicyclic) bond motifs is 1. The van der Waals surface area contributed by atoms with E-state index in [2.05, 4.69) is 46.5 Å². The molecule has 0 atom stereocenters. The highest BCUT2D eigenvalue weighted by Gasteiger charge is 2.21. The third-order valence-electron chi connectivity index (χ3n) is 5.40. The lowest BCUT2D eigenvalue weighted by atomic mass is 10.2. The Hall–Kier alpha value is -3.13. The summed E-state index contributed by atoms with van der Waals surface area (Å²) >= 11 is 0. The molecule has 0 saturated carbocycles. The molecule has 3 aromatic heterocycles. The number of piperazine rings is 1. The Kier molecular flexibility index (Phi) is 6.13. The maximum absolute atomic E-state index is 12.6. The van der Waals surface area contributed by atoms with Gasteiger partial charge in [0, 0.05) is 56.8 Å². The van der Waals surface area contributed by atoms with Crippen molar-refractivity contribution in [3.8, 4) is 0 Å². The molecule has 4 rings (SSSR count). The van der Waals surface area contributed by atoms with Gasteiger partial charge in [-0.05, 0) is 57.4 Å². The van der Waals surface area contributed by atoms with Crippen molar-refractivity contribution in [1.82, 2.24) is 24.6 Å². The number of carbonyl (C=O) groups excluding carboxylic acids is 1. The van der Waals surface area contributed by atoms with Crippen LogP contribution in [0.15, 0.2) is 48.9 Å². The van der Waals surface area contributed by atoms with E-state index >= 15 is 0 Å². The van der Waals surface area contributed by atoms with Crippen molar-refractivity contribution < 1.29 is 4.79 Å². The molecular weight excluding hydrogens is 378 g/mol. The standard InChI is InChI=1S/C22H29N7O/c1-26(2)12-4-11-23-21(30)18-5-6-19-7-8-20(29(19)17-18)27-13-15-28(16-14-27)22-24-9-3-10-25-22/h3,5-10,17H,4,11-16H2,1-2H3,(H,23,30). The predicted octanol–water partition coefficient (Wildman–Crippen LogP) is 1.74. The third kappa shape index (κ3) is 4.54. The molecule has 1 aliphatic rings. The lowest BCUT2D eigenvalue weighted by Crippen LogP contribution is -2.47. The molecule has 1 aliphatic heterocycles. The molecule has 0 spiro atoms. The molecule has 0 unspecified atom stereocenters. The van der Waals surface area contributed by atoms with Crippen molar-refractivity contribution in [1.29, 1.82) is 0 Å². The molecule has 30 heavy (non-hydrogen) atoms. The summed E-state index contributed by atoms with van der Waals surface area (Å²) in [7, 11) is 4.08. The molecule has 0 aliphatic carbocycles. The molecule has 1 fully saturated rings. The fourth-order valence-corrected chi connectivity index (χ4v) is 3.77. The summed E-state index contributed by atoms with van der Waals surface area (Å²) in [5, 5.41) is 3.02. The smallest absolute Gasteiger partial charge is 0.252 e. The van der Waals surface area contributed by atoms with Crippen molar-refractivity contribution in [3.05, 3.63) is 54.5 Å². The first-order valence-electron chi connectivity index (χ1n) is 10.4. The molecule has 4 heterocycles. The Morgan fingerprint density at radius 2 is 1.73 bits per heavy atom. The van der Waals surface area contributed by atoms with E-state index in [1.165, 1.54) is 0 Å². The van der Waals surface area contributed by atoms with E-state index < -0.39 is 0 Å². The fraction of sp³-hybridized carbons (Fsp3) is 0.409. The van der Waals surface area contributed by atoms with E-state index in [9.17, 15) is 4.79 Å². The molecule has 1 N–H and O–H groups in total. The number of aromatic nitrogens is 3. The van der Waals surface area contributed by atoms with Gasteiger partial charge in [0.2, 0.25) is 5.95 Å². The van der Waals surface area contributed by atoms with Gasteiger partial charge in [0.25, 0.3) is 5.91 Å². The van der Waals surface area contributed by atoms with Crippen LogP contribution in [-0.2, 0) is 0 Å². The molecule has 0 aromatic carbocycles. The van der Waals surface area contributed by atoms with Gasteiger partial charge in [-0.2, -0.15) is 0 Å². The summed E-state index contributed by atoms with van der Waals surface area (Å²) in [6.07, 6.45) is 6.44. The number of pyridine rings is 1. The maximum atomic E-state index is 12.6. The Morgan fingerprint density at radius 1 is 1.03 bits per heavy atom. The first-order valence-corrected chi connectivity index (χ1v) is 10.4. The predicted molar refractivity (Wildman–Crippen MR) is 119 cm³/mol. The zero-order chi connectivity index (χ0) is 20.9. The van der Waals surface area contributed by atoms with Gasteiger partial charge in [-0.1, -0.05) is 0 Å². The zero-order valence-corrected chi connectivity index (χ0v) is 17.7. The summed E-state index contributed by atoms with van der Waals surface area (Å²) < 4.78 is 2.11. The largest absolute Gasteiger partial charge is 0.354 e. The number of rotatable bonds is 7. The Bertz CT molecular complexity index is 978. The molecule has 158 valence electrons. The number of nitrogens with zero attached hydrogens (tertiary/aromatic N) is 6. The fourth-order valence-electron chi connectivity index (χ4n) is 3.77. The Morgan fingerprint density at radius 3 is 2.47 bits per heavy atom. The highest BCUT2D eigenvalue weighted by molar-refractivity contribution is 5.94. The summed E-state index contributed by atoms with van der Waals surface area (Å²) in [5.41, 5.74) is 1.77. The normalized spacial score (nSPS) is 14.5. The minimum absolute atomic E-state index is 0.0265. The molecular formula is C22H29N7O. The van der Waals surface area contributed by atoms with E-state index in [1.54, 1.807) is 12.4 Å². The second-order valence-electron chi connectivity index (χ2n) is 7.84. The lowest BCUT2D eigenvalue weighted by Gasteiger charge is -2.35. The molecule has 1 amide bonds. The van der Waals surface area contributed by atoms with Gasteiger partial charge >= 0.3 is 0 Å². The van der Waals surface area contributed by atoms with Crippen molar-refractivity contribution >= 4 is 23.2 Å². The number of hydrogen-bond donors (Lipinski definition) is 1. The van der Waals surface area contributed by atoms with Crippen molar-refractivity contribution in [2.75, 3.05) is 63.2 Å². The van der Waals surface area contributed by atoms with Crippen molar-refractivity contribution in [2.24, 2.45) is 0 Å². The quantitative estimate of drug-likeness (QED) is 0.602. The first kappa shape index (κ1) is 20.2. The molecule has 8 nitrogen and oxygen atoms in total. The van der Waals surface area contributed by atoms with Gasteiger partial charge in [0.05, 0.1) is 5.56 Å². The van der Waals surface area contributed by atoms with Crippen LogP contribution in [0.4, 0.5) is 11.8 Å². The van der Waals surface area contributed by atoms with Crippen LogP contribution in [-0.4, -0.2) is 78.5 Å². The monoisotopic (exact) mass is 407 g/mol. The van der Waals surface area contributed by atoms with E-state index in [0.29, 0.717) is 12.1 Å². The van der Waals surface area contributed by atoms with Crippen molar-refractivity contribution in [2.45, 2.75) is 6.42 Å². The van der Waals surface area contributed by atoms with Gasteiger partial charge < -0.3 is 24.4 Å². The highest BCUT2D eigenvalue weighted by Crippen LogP contribution is 2.22. The average molecular weight is 408 g/mol. The number of carbonyl (C=O) groups is 1. The van der Waals surface area contributed by atoms with E-state index in [1.807, 2.05) is 38.5 Å². The van der Waals surface area contributed by atoms with Crippen LogP contribution in [0.3, 0.4) is 0 Å². The first-order chi connectivity index (χ1) is 14.6. The Labute approximate surface area is 177 Å². The summed E-state index contributed by atoms with van der Waals surface area (Å²) in [4.78, 5) is 28.0. The number of amides is 1. The van der Waals surface area contributed by atoms with Crippen LogP contribution in [0.25, 0.3) is 5.52 Å². The van der Waals surface area contributed by atoms with Gasteiger partial charge in [-0.3, -0.25) is 4.79 Å². The number of hydrogen-bond acceptors (Lipinski definition) is 6. The summed E-state index contributed by atoms with van der Waals surface area (Å²) in [6.45, 7) is 5.13. The van der Waals surface area contributed by atoms with Crippen LogP contribution >= 0.6 is 0 Å². The minimum Gasteiger partial charge on any atom is -0.354 e. The van der Waals surface area contributed by atoms with Crippen LogP contribution in [0.5, 0.6) is 0 Å². The van der Waals surface area contributed by atoms with Gasteiger partial charge in [-0.25, -0.2) is 9.97 Å².